The zero-order valence-electron chi connectivity index (χ0n) is 20.2. The van der Waals surface area contributed by atoms with Crippen molar-refractivity contribution in [3.8, 4) is 11.6 Å². The van der Waals surface area contributed by atoms with E-state index in [1.165, 1.54) is 0 Å². The van der Waals surface area contributed by atoms with E-state index in [0.29, 0.717) is 28.3 Å². The third-order valence-electron chi connectivity index (χ3n) is 5.32. The fraction of sp³-hybridized carbons (Fsp3) is 0.231. The van der Waals surface area contributed by atoms with Crippen LogP contribution >= 0.6 is 11.6 Å². The first kappa shape index (κ1) is 25.7. The molecule has 2 aromatic carbocycles. The third kappa shape index (κ3) is 6.42. The maximum atomic E-state index is 13.1. The SMILES string of the molecule is Cc1ccc(S(=O)(=O)Nc2cc3cnccc3nc2OCc2ccc(Cl)c(OCCN(C)C)c2)cc1. The van der Waals surface area contributed by atoms with Crippen molar-refractivity contribution in [2.45, 2.75) is 18.4 Å². The van der Waals surface area contributed by atoms with Gasteiger partial charge in [0.05, 0.1) is 15.4 Å². The Morgan fingerprint density at radius 2 is 1.81 bits per heavy atom. The minimum atomic E-state index is -3.87. The van der Waals surface area contributed by atoms with Crippen molar-refractivity contribution in [1.29, 1.82) is 0 Å². The van der Waals surface area contributed by atoms with Crippen LogP contribution in [0.4, 0.5) is 5.69 Å². The van der Waals surface area contributed by atoms with Gasteiger partial charge in [0.25, 0.3) is 10.0 Å². The van der Waals surface area contributed by atoms with E-state index < -0.39 is 10.0 Å². The monoisotopic (exact) mass is 526 g/mol. The Morgan fingerprint density at radius 3 is 2.56 bits per heavy atom. The first-order chi connectivity index (χ1) is 17.2. The minimum absolute atomic E-state index is 0.129. The summed E-state index contributed by atoms with van der Waals surface area (Å²) in [5, 5.41) is 1.18. The number of hydrogen-bond donors (Lipinski definition) is 1. The molecule has 0 amide bonds. The largest absolute Gasteiger partial charge is 0.491 e. The molecule has 0 aliphatic heterocycles. The van der Waals surface area contributed by atoms with Crippen LogP contribution in [0.15, 0.2) is 71.9 Å². The van der Waals surface area contributed by atoms with Crippen molar-refractivity contribution in [2.75, 3.05) is 32.0 Å². The van der Waals surface area contributed by atoms with Gasteiger partial charge in [-0.2, -0.15) is 0 Å². The summed E-state index contributed by atoms with van der Waals surface area (Å²) in [4.78, 5) is 10.8. The van der Waals surface area contributed by atoms with Crippen LogP contribution in [-0.4, -0.2) is 50.5 Å². The van der Waals surface area contributed by atoms with E-state index in [4.69, 9.17) is 21.1 Å². The molecule has 0 spiro atoms. The lowest BCUT2D eigenvalue weighted by Crippen LogP contribution is -2.19. The van der Waals surface area contributed by atoms with Gasteiger partial charge in [-0.25, -0.2) is 13.4 Å². The molecule has 0 fully saturated rings. The van der Waals surface area contributed by atoms with Gasteiger partial charge in [-0.3, -0.25) is 9.71 Å². The van der Waals surface area contributed by atoms with Crippen LogP contribution < -0.4 is 14.2 Å². The highest BCUT2D eigenvalue weighted by Crippen LogP contribution is 2.31. The van der Waals surface area contributed by atoms with Crippen molar-refractivity contribution in [1.82, 2.24) is 14.9 Å². The second-order valence-electron chi connectivity index (χ2n) is 8.53. The zero-order valence-corrected chi connectivity index (χ0v) is 21.8. The van der Waals surface area contributed by atoms with Gasteiger partial charge in [-0.15, -0.1) is 0 Å². The van der Waals surface area contributed by atoms with Crippen molar-refractivity contribution < 1.29 is 17.9 Å². The Balaban J connectivity index is 1.59. The van der Waals surface area contributed by atoms with Crippen molar-refractivity contribution >= 4 is 38.2 Å². The number of aryl methyl sites for hydroxylation is 1. The van der Waals surface area contributed by atoms with E-state index in [1.54, 1.807) is 60.9 Å². The molecular formula is C26H27ClN4O4S. The average Bonchev–Trinajstić information content (AvgIpc) is 2.84. The van der Waals surface area contributed by atoms with Crippen LogP contribution in [0.1, 0.15) is 11.1 Å². The molecule has 0 atom stereocenters. The van der Waals surface area contributed by atoms with Crippen LogP contribution in [0.2, 0.25) is 5.02 Å². The molecule has 4 rings (SSSR count). The molecule has 10 heteroatoms. The predicted octanol–water partition coefficient (Wildman–Crippen LogP) is 4.91. The molecule has 0 radical (unpaired) electrons. The van der Waals surface area contributed by atoms with Crippen LogP contribution in [0, 0.1) is 6.92 Å². The van der Waals surface area contributed by atoms with Crippen molar-refractivity contribution in [3.63, 3.8) is 0 Å². The van der Waals surface area contributed by atoms with Gasteiger partial charge in [-0.05, 0) is 63.0 Å². The fourth-order valence-electron chi connectivity index (χ4n) is 3.34. The molecule has 8 nitrogen and oxygen atoms in total. The van der Waals surface area contributed by atoms with E-state index in [1.807, 2.05) is 32.0 Å². The molecule has 0 aliphatic carbocycles. The second kappa shape index (κ2) is 11.1. The molecule has 1 N–H and O–H groups in total. The Morgan fingerprint density at radius 1 is 1.03 bits per heavy atom. The summed E-state index contributed by atoms with van der Waals surface area (Å²) >= 11 is 6.29. The highest BCUT2D eigenvalue weighted by atomic mass is 35.5. The molecule has 0 bridgehead atoms. The molecular weight excluding hydrogens is 500 g/mol. The number of nitrogens with zero attached hydrogens (tertiary/aromatic N) is 3. The standard InChI is InChI=1S/C26H27ClN4O4S/c1-18-4-7-21(8-5-18)36(32,33)30-24-15-20-16-28-11-10-23(20)29-26(24)35-17-19-6-9-22(27)25(14-19)34-13-12-31(2)3/h4-11,14-16,30H,12-13,17H2,1-3H3. The van der Waals surface area contributed by atoms with E-state index >= 15 is 0 Å². The number of nitrogens with one attached hydrogen (secondary N) is 1. The molecule has 0 saturated carbocycles. The normalized spacial score (nSPS) is 11.6. The molecule has 0 saturated heterocycles. The van der Waals surface area contributed by atoms with Crippen LogP contribution in [0.3, 0.4) is 0 Å². The molecule has 4 aromatic rings. The Bertz CT molecular complexity index is 1460. The number of anilines is 1. The van der Waals surface area contributed by atoms with Gasteiger partial charge >= 0.3 is 0 Å². The Kier molecular flexibility index (Phi) is 7.93. The molecule has 2 aromatic heterocycles. The van der Waals surface area contributed by atoms with Gasteiger partial charge in [0.15, 0.2) is 0 Å². The number of fused-ring (bicyclic) bond motifs is 1. The molecule has 188 valence electrons. The highest BCUT2D eigenvalue weighted by Gasteiger charge is 2.19. The minimum Gasteiger partial charge on any atom is -0.491 e. The van der Waals surface area contributed by atoms with Gasteiger partial charge < -0.3 is 14.4 Å². The van der Waals surface area contributed by atoms with Gasteiger partial charge in [0, 0.05) is 24.3 Å². The van der Waals surface area contributed by atoms with E-state index in [9.17, 15) is 8.42 Å². The maximum Gasteiger partial charge on any atom is 0.262 e. The molecule has 0 unspecified atom stereocenters. The summed E-state index contributed by atoms with van der Waals surface area (Å²) in [6, 6.07) is 15.4. The average molecular weight is 527 g/mol. The van der Waals surface area contributed by atoms with Crippen LogP contribution in [-0.2, 0) is 16.6 Å². The summed E-state index contributed by atoms with van der Waals surface area (Å²) in [5.41, 5.74) is 2.60. The van der Waals surface area contributed by atoms with E-state index in [-0.39, 0.29) is 23.1 Å². The number of hydrogen-bond acceptors (Lipinski definition) is 7. The zero-order chi connectivity index (χ0) is 25.7. The van der Waals surface area contributed by atoms with Crippen LogP contribution in [0.5, 0.6) is 11.6 Å². The van der Waals surface area contributed by atoms with Gasteiger partial charge in [0.1, 0.15) is 24.7 Å². The number of aromatic nitrogens is 2. The summed E-state index contributed by atoms with van der Waals surface area (Å²) in [6.45, 7) is 3.26. The number of benzene rings is 2. The lowest BCUT2D eigenvalue weighted by molar-refractivity contribution is 0.260. The quantitative estimate of drug-likeness (QED) is 0.314. The van der Waals surface area contributed by atoms with Gasteiger partial charge in [0.2, 0.25) is 5.88 Å². The number of pyridine rings is 2. The van der Waals surface area contributed by atoms with Crippen LogP contribution in [0.25, 0.3) is 10.9 Å². The lowest BCUT2D eigenvalue weighted by Gasteiger charge is -2.15. The number of rotatable bonds is 10. The Hall–Kier alpha value is -3.40. The Labute approximate surface area is 215 Å². The molecule has 36 heavy (non-hydrogen) atoms. The third-order valence-corrected chi connectivity index (χ3v) is 7.02. The first-order valence-electron chi connectivity index (χ1n) is 11.2. The predicted molar refractivity (Wildman–Crippen MR) is 141 cm³/mol. The summed E-state index contributed by atoms with van der Waals surface area (Å²) < 4.78 is 40.5. The highest BCUT2D eigenvalue weighted by molar-refractivity contribution is 7.92. The molecule has 2 heterocycles. The first-order valence-corrected chi connectivity index (χ1v) is 13.1. The number of likely N-dealkylation sites (N-methyl/N-ethyl adjacent to an activating group) is 1. The number of sulfonamides is 1. The fourth-order valence-corrected chi connectivity index (χ4v) is 4.56. The molecule has 0 aliphatic rings. The summed E-state index contributed by atoms with van der Waals surface area (Å²) in [5.74, 6) is 0.701. The van der Waals surface area contributed by atoms with Crippen molar-refractivity contribution in [3.05, 3.63) is 83.1 Å². The van der Waals surface area contributed by atoms with Gasteiger partial charge in [-0.1, -0.05) is 35.4 Å². The maximum absolute atomic E-state index is 13.1. The second-order valence-corrected chi connectivity index (χ2v) is 10.6. The summed E-state index contributed by atoms with van der Waals surface area (Å²) in [7, 11) is 0.0639. The lowest BCUT2D eigenvalue weighted by atomic mass is 10.2. The van der Waals surface area contributed by atoms with E-state index in [2.05, 4.69) is 14.7 Å². The number of ether oxygens (including phenoxy) is 2. The summed E-state index contributed by atoms with van der Waals surface area (Å²) in [6.07, 6.45) is 3.23. The number of halogens is 1. The van der Waals surface area contributed by atoms with E-state index in [0.717, 1.165) is 17.7 Å². The smallest absolute Gasteiger partial charge is 0.262 e. The topological polar surface area (TPSA) is 93.7 Å². The van der Waals surface area contributed by atoms with Crippen molar-refractivity contribution in [2.24, 2.45) is 0 Å².